The highest BCUT2D eigenvalue weighted by molar-refractivity contribution is 6.74. The van der Waals surface area contributed by atoms with Gasteiger partial charge in [-0.1, -0.05) is 111 Å². The van der Waals surface area contributed by atoms with Crippen LogP contribution in [0.5, 0.6) is 0 Å². The Morgan fingerprint density at radius 3 is 2.16 bits per heavy atom. The maximum atomic E-state index is 7.13. The fourth-order valence-electron chi connectivity index (χ4n) is 8.22. The highest BCUT2D eigenvalue weighted by Crippen LogP contribution is 2.58. The van der Waals surface area contributed by atoms with Gasteiger partial charge in [0.25, 0.3) is 0 Å². The van der Waals surface area contributed by atoms with Crippen molar-refractivity contribution in [3.8, 4) is 0 Å². The summed E-state index contributed by atoms with van der Waals surface area (Å²) in [4.78, 5) is 0. The van der Waals surface area contributed by atoms with Gasteiger partial charge in [-0.2, -0.15) is 0 Å². The quantitative estimate of drug-likeness (QED) is 0.0901. The zero-order valence-electron chi connectivity index (χ0n) is 35.6. The number of unbranched alkanes of at least 4 members (excludes halogenated alkanes) is 1. The van der Waals surface area contributed by atoms with Crippen LogP contribution in [0.3, 0.4) is 0 Å². The average molecular weight is 729 g/mol. The summed E-state index contributed by atoms with van der Waals surface area (Å²) in [6.45, 7) is 38.0. The number of ether oxygens (including phenoxy) is 2. The van der Waals surface area contributed by atoms with Gasteiger partial charge >= 0.3 is 0 Å². The molecule has 2 saturated carbocycles. The Morgan fingerprint density at radius 1 is 0.940 bits per heavy atom. The highest BCUT2D eigenvalue weighted by Gasteiger charge is 2.47. The Morgan fingerprint density at radius 2 is 1.56 bits per heavy atom. The fraction of sp³-hybridized carbons (Fsp3) is 0.818. The molecule has 0 bridgehead atoms. The van der Waals surface area contributed by atoms with Crippen molar-refractivity contribution < 1.29 is 18.3 Å². The van der Waals surface area contributed by atoms with Crippen LogP contribution < -0.4 is 0 Å². The molecular formula is C44H80O4Si2. The molecule has 0 aromatic carbocycles. The summed E-state index contributed by atoms with van der Waals surface area (Å²) in [6, 6.07) is 0. The summed E-state index contributed by atoms with van der Waals surface area (Å²) >= 11 is 0. The summed E-state index contributed by atoms with van der Waals surface area (Å²) < 4.78 is 25.5. The first kappa shape index (κ1) is 43.6. The van der Waals surface area contributed by atoms with E-state index >= 15 is 0 Å². The first-order valence-electron chi connectivity index (χ1n) is 20.3. The van der Waals surface area contributed by atoms with E-state index in [1.807, 2.05) is 0 Å². The van der Waals surface area contributed by atoms with Gasteiger partial charge in [-0.3, -0.25) is 0 Å². The maximum Gasteiger partial charge on any atom is 0.192 e. The van der Waals surface area contributed by atoms with Crippen LogP contribution in [0.25, 0.3) is 0 Å². The smallest absolute Gasteiger partial charge is 0.192 e. The van der Waals surface area contributed by atoms with E-state index in [4.69, 9.17) is 24.9 Å². The first-order valence-corrected chi connectivity index (χ1v) is 26.1. The summed E-state index contributed by atoms with van der Waals surface area (Å²) in [6.07, 6.45) is 22.0. The van der Waals surface area contributed by atoms with Crippen LogP contribution in [0.15, 0.2) is 47.1 Å². The minimum absolute atomic E-state index is 0.0182. The van der Waals surface area contributed by atoms with E-state index in [9.17, 15) is 0 Å². The molecule has 288 valence electrons. The lowest BCUT2D eigenvalue weighted by molar-refractivity contribution is -0.118. The van der Waals surface area contributed by atoms with E-state index in [1.165, 1.54) is 68.9 Å². The Hall–Kier alpha value is -0.766. The third-order valence-corrected chi connectivity index (χ3v) is 22.6. The molecule has 5 atom stereocenters. The van der Waals surface area contributed by atoms with Crippen LogP contribution >= 0.6 is 0 Å². The minimum Gasteiger partial charge on any atom is -0.413 e. The second-order valence-corrected chi connectivity index (χ2v) is 29.5. The predicted molar refractivity (Wildman–Crippen MR) is 221 cm³/mol. The predicted octanol–water partition coefficient (Wildman–Crippen LogP) is 13.5. The SMILES string of the molecule is C=C1/C(=C\C=C2/CCC[C@]3(C)C([C@H](CCCC)CCCC(C)(C)OCOC)=CC[C@@H]23)C[C@@H](O[Si](C)(C)C(C)(C)C)C[C@@H]1O[Si](C)(C)C(C)(C)C. The first-order chi connectivity index (χ1) is 23.0. The van der Waals surface area contributed by atoms with E-state index in [2.05, 4.69) is 114 Å². The molecule has 3 aliphatic carbocycles. The molecule has 0 saturated heterocycles. The Labute approximate surface area is 312 Å². The topological polar surface area (TPSA) is 36.9 Å². The van der Waals surface area contributed by atoms with E-state index in [1.54, 1.807) is 18.3 Å². The normalized spacial score (nSPS) is 27.9. The minimum atomic E-state index is -1.99. The van der Waals surface area contributed by atoms with Crippen LogP contribution in [0.2, 0.25) is 36.3 Å². The fourth-order valence-corrected chi connectivity index (χ4v) is 10.9. The van der Waals surface area contributed by atoms with Gasteiger partial charge in [-0.25, -0.2) is 0 Å². The second kappa shape index (κ2) is 17.1. The zero-order chi connectivity index (χ0) is 37.8. The van der Waals surface area contributed by atoms with Gasteiger partial charge in [0.15, 0.2) is 16.6 Å². The monoisotopic (exact) mass is 729 g/mol. The van der Waals surface area contributed by atoms with E-state index in [0.29, 0.717) is 18.6 Å². The summed E-state index contributed by atoms with van der Waals surface area (Å²) in [7, 11) is -2.23. The van der Waals surface area contributed by atoms with Gasteiger partial charge < -0.3 is 18.3 Å². The lowest BCUT2D eigenvalue weighted by atomic mass is 9.61. The molecule has 0 radical (unpaired) electrons. The van der Waals surface area contributed by atoms with Crippen LogP contribution in [-0.4, -0.2) is 48.3 Å². The largest absolute Gasteiger partial charge is 0.413 e. The number of allylic oxidation sites excluding steroid dienone is 5. The summed E-state index contributed by atoms with van der Waals surface area (Å²) in [5.41, 5.74) is 6.04. The molecule has 2 fully saturated rings. The molecule has 50 heavy (non-hydrogen) atoms. The molecule has 3 aliphatic rings. The van der Waals surface area contributed by atoms with E-state index in [0.717, 1.165) is 19.3 Å². The molecule has 0 N–H and O–H groups in total. The molecule has 0 aromatic rings. The van der Waals surface area contributed by atoms with Crippen molar-refractivity contribution in [3.63, 3.8) is 0 Å². The van der Waals surface area contributed by atoms with Gasteiger partial charge in [0.05, 0.1) is 17.8 Å². The number of rotatable bonds is 16. The lowest BCUT2D eigenvalue weighted by Gasteiger charge is -2.45. The number of fused-ring (bicyclic) bond motifs is 1. The van der Waals surface area contributed by atoms with Crippen LogP contribution in [0, 0.1) is 17.3 Å². The lowest BCUT2D eigenvalue weighted by Crippen LogP contribution is -2.49. The van der Waals surface area contributed by atoms with E-state index in [-0.39, 0.29) is 33.3 Å². The molecule has 3 rings (SSSR count). The molecule has 0 aromatic heterocycles. The van der Waals surface area contributed by atoms with Crippen molar-refractivity contribution in [1.82, 2.24) is 0 Å². The van der Waals surface area contributed by atoms with E-state index < -0.39 is 16.6 Å². The molecule has 4 nitrogen and oxygen atoms in total. The van der Waals surface area contributed by atoms with Crippen LogP contribution in [0.4, 0.5) is 0 Å². The molecule has 0 amide bonds. The summed E-state index contributed by atoms with van der Waals surface area (Å²) in [5, 5.41) is 0.320. The zero-order valence-corrected chi connectivity index (χ0v) is 37.6. The molecule has 0 spiro atoms. The van der Waals surface area contributed by atoms with Crippen LogP contribution in [0.1, 0.15) is 146 Å². The Kier molecular flexibility index (Phi) is 15.0. The molecule has 0 aliphatic heterocycles. The average Bonchev–Trinajstić information content (AvgIpc) is 3.34. The third-order valence-electron chi connectivity index (χ3n) is 13.6. The van der Waals surface area contributed by atoms with Crippen molar-refractivity contribution in [3.05, 3.63) is 47.1 Å². The molecule has 0 heterocycles. The van der Waals surface area contributed by atoms with Gasteiger partial charge in [-0.15, -0.1) is 0 Å². The van der Waals surface area contributed by atoms with Crippen molar-refractivity contribution >= 4 is 16.6 Å². The molecule has 0 unspecified atom stereocenters. The summed E-state index contributed by atoms with van der Waals surface area (Å²) in [5.74, 6) is 1.27. The van der Waals surface area contributed by atoms with Crippen molar-refractivity contribution in [1.29, 1.82) is 0 Å². The van der Waals surface area contributed by atoms with Crippen molar-refractivity contribution in [2.75, 3.05) is 13.9 Å². The number of methoxy groups -OCH3 is 1. The Balaban J connectivity index is 1.87. The third kappa shape index (κ3) is 10.9. The molecule has 6 heteroatoms. The van der Waals surface area contributed by atoms with Crippen molar-refractivity contribution in [2.45, 2.75) is 200 Å². The number of hydrogen-bond donors (Lipinski definition) is 0. The van der Waals surface area contributed by atoms with Gasteiger partial charge in [0.2, 0.25) is 0 Å². The molecular weight excluding hydrogens is 649 g/mol. The van der Waals surface area contributed by atoms with Crippen LogP contribution in [-0.2, 0) is 18.3 Å². The van der Waals surface area contributed by atoms with Crippen molar-refractivity contribution in [2.24, 2.45) is 17.3 Å². The van der Waals surface area contributed by atoms with Gasteiger partial charge in [0, 0.05) is 13.5 Å². The Bertz CT molecular complexity index is 1230. The number of hydrogen-bond acceptors (Lipinski definition) is 4. The van der Waals surface area contributed by atoms with Gasteiger partial charge in [0.1, 0.15) is 6.79 Å². The highest BCUT2D eigenvalue weighted by atomic mass is 28.4. The second-order valence-electron chi connectivity index (χ2n) is 20.0. The maximum absolute atomic E-state index is 7.13. The van der Waals surface area contributed by atoms with Gasteiger partial charge in [-0.05, 0) is 130 Å². The standard InChI is InChI=1S/C44H80O4Si2/c1-17-18-21-34(22-19-28-43(9,10)46-32-45-12)38-26-27-39-35(23-20-29-44(38,39)11)24-25-36-30-37(47-49(13,14)41(3,4)5)31-40(33(36)2)48-50(15,16)42(6,7)8/h24-26,34,37,39-40H,2,17-23,27-32H2,1,3-16H3/b35-24+,36-25-/t34-,37-,39+,40+,44-/m1/s1.